The van der Waals surface area contributed by atoms with Gasteiger partial charge in [0.2, 0.25) is 5.91 Å². The molecule has 0 spiro atoms. The van der Waals surface area contributed by atoms with Crippen LogP contribution < -0.4 is 5.32 Å². The zero-order chi connectivity index (χ0) is 16.8. The lowest BCUT2D eigenvalue weighted by molar-refractivity contribution is -0.121. The van der Waals surface area contributed by atoms with E-state index in [1.807, 2.05) is 63.2 Å². The minimum atomic E-state index is -0.0922. The van der Waals surface area contributed by atoms with E-state index < -0.39 is 0 Å². The summed E-state index contributed by atoms with van der Waals surface area (Å²) in [6, 6.07) is 13.6. The fraction of sp³-hybridized carbons (Fsp3) is 0.300. The van der Waals surface area contributed by atoms with Crippen molar-refractivity contribution in [1.29, 1.82) is 0 Å². The van der Waals surface area contributed by atoms with Gasteiger partial charge in [0.05, 0.1) is 0 Å². The van der Waals surface area contributed by atoms with E-state index in [-0.39, 0.29) is 24.5 Å². The topological polar surface area (TPSA) is 46.2 Å². The summed E-state index contributed by atoms with van der Waals surface area (Å²) in [6.07, 6.45) is 0.458. The Bertz CT molecular complexity index is 719. The van der Waals surface area contributed by atoms with Crippen LogP contribution in [0.2, 0.25) is 0 Å². The predicted octanol–water partition coefficient (Wildman–Crippen LogP) is 3.89. The Hall–Kier alpha value is -2.42. The number of ketones is 1. The normalized spacial score (nSPS) is 10.4. The molecule has 1 N–H and O–H groups in total. The van der Waals surface area contributed by atoms with E-state index in [0.29, 0.717) is 12.1 Å². The first kappa shape index (κ1) is 16.9. The highest BCUT2D eigenvalue weighted by Crippen LogP contribution is 2.12. The third-order valence-electron chi connectivity index (χ3n) is 4.15. The molecule has 2 aromatic carbocycles. The quantitative estimate of drug-likeness (QED) is 0.823. The van der Waals surface area contributed by atoms with Crippen LogP contribution in [0.1, 0.15) is 45.5 Å². The maximum absolute atomic E-state index is 12.2. The number of hydrogen-bond donors (Lipinski definition) is 1. The minimum absolute atomic E-state index is 0.0131. The Morgan fingerprint density at radius 1 is 0.870 bits per heavy atom. The van der Waals surface area contributed by atoms with Crippen LogP contribution in [0.25, 0.3) is 0 Å². The molecule has 0 aliphatic rings. The summed E-state index contributed by atoms with van der Waals surface area (Å²) in [4.78, 5) is 24.1. The fourth-order valence-corrected chi connectivity index (χ4v) is 2.38. The zero-order valence-electron chi connectivity index (χ0n) is 14.0. The number of nitrogens with one attached hydrogen (secondary N) is 1. The van der Waals surface area contributed by atoms with Crippen LogP contribution in [-0.2, 0) is 11.3 Å². The third kappa shape index (κ3) is 4.78. The molecule has 0 atom stereocenters. The van der Waals surface area contributed by atoms with E-state index in [9.17, 15) is 9.59 Å². The summed E-state index contributed by atoms with van der Waals surface area (Å²) in [5.74, 6) is -0.0791. The molecule has 2 rings (SSSR count). The second-order valence-corrected chi connectivity index (χ2v) is 5.93. The highest BCUT2D eigenvalue weighted by Gasteiger charge is 2.10. The molecular formula is C20H23NO2. The van der Waals surface area contributed by atoms with Gasteiger partial charge in [0.25, 0.3) is 0 Å². The zero-order valence-corrected chi connectivity index (χ0v) is 14.0. The molecule has 23 heavy (non-hydrogen) atoms. The van der Waals surface area contributed by atoms with Crippen molar-refractivity contribution in [2.24, 2.45) is 0 Å². The van der Waals surface area contributed by atoms with Crippen molar-refractivity contribution in [1.82, 2.24) is 5.32 Å². The van der Waals surface area contributed by atoms with Crippen LogP contribution in [0.5, 0.6) is 0 Å². The van der Waals surface area contributed by atoms with Gasteiger partial charge in [-0.2, -0.15) is 0 Å². The van der Waals surface area contributed by atoms with E-state index in [1.54, 1.807) is 0 Å². The van der Waals surface area contributed by atoms with Gasteiger partial charge in [-0.25, -0.2) is 0 Å². The third-order valence-corrected chi connectivity index (χ3v) is 4.15. The maximum Gasteiger partial charge on any atom is 0.220 e. The van der Waals surface area contributed by atoms with Gasteiger partial charge in [0.15, 0.2) is 5.78 Å². The largest absolute Gasteiger partial charge is 0.352 e. The summed E-state index contributed by atoms with van der Waals surface area (Å²) in [5, 5.41) is 2.88. The molecule has 3 nitrogen and oxygen atoms in total. The molecule has 0 bridgehead atoms. The number of aryl methyl sites for hydroxylation is 3. The fourth-order valence-electron chi connectivity index (χ4n) is 2.38. The van der Waals surface area contributed by atoms with Crippen molar-refractivity contribution in [2.45, 2.75) is 40.2 Å². The van der Waals surface area contributed by atoms with Gasteiger partial charge in [-0.15, -0.1) is 0 Å². The second-order valence-electron chi connectivity index (χ2n) is 5.93. The highest BCUT2D eigenvalue weighted by atomic mass is 16.2. The van der Waals surface area contributed by atoms with Crippen molar-refractivity contribution in [3.05, 3.63) is 70.3 Å². The van der Waals surface area contributed by atoms with Crippen LogP contribution in [0.15, 0.2) is 42.5 Å². The first-order valence-corrected chi connectivity index (χ1v) is 7.89. The van der Waals surface area contributed by atoms with Gasteiger partial charge >= 0.3 is 0 Å². The molecule has 0 radical (unpaired) electrons. The van der Waals surface area contributed by atoms with Gasteiger partial charge in [-0.3, -0.25) is 9.59 Å². The number of amides is 1. The lowest BCUT2D eigenvalue weighted by atomic mass is 10.0. The first-order valence-electron chi connectivity index (χ1n) is 7.89. The molecule has 0 saturated carbocycles. The van der Waals surface area contributed by atoms with E-state index in [1.165, 1.54) is 0 Å². The van der Waals surface area contributed by atoms with Crippen molar-refractivity contribution in [3.8, 4) is 0 Å². The molecule has 0 aliphatic heterocycles. The molecule has 0 heterocycles. The van der Waals surface area contributed by atoms with Gasteiger partial charge in [0, 0.05) is 24.9 Å². The molecular weight excluding hydrogens is 286 g/mol. The molecule has 0 saturated heterocycles. The van der Waals surface area contributed by atoms with Gasteiger partial charge in [-0.1, -0.05) is 36.4 Å². The lowest BCUT2D eigenvalue weighted by Crippen LogP contribution is -2.23. The van der Waals surface area contributed by atoms with Crippen LogP contribution in [-0.4, -0.2) is 11.7 Å². The number of benzene rings is 2. The average Bonchev–Trinajstić information content (AvgIpc) is 2.54. The van der Waals surface area contributed by atoms with E-state index >= 15 is 0 Å². The van der Waals surface area contributed by atoms with Crippen molar-refractivity contribution >= 4 is 11.7 Å². The van der Waals surface area contributed by atoms with Crippen molar-refractivity contribution in [2.75, 3.05) is 0 Å². The molecule has 120 valence electrons. The monoisotopic (exact) mass is 309 g/mol. The molecule has 0 aliphatic carbocycles. The Labute approximate surface area is 137 Å². The van der Waals surface area contributed by atoms with E-state index in [2.05, 4.69) is 5.32 Å². The summed E-state index contributed by atoms with van der Waals surface area (Å²) in [7, 11) is 0. The van der Waals surface area contributed by atoms with E-state index in [0.717, 1.165) is 22.3 Å². The summed E-state index contributed by atoms with van der Waals surface area (Å²) < 4.78 is 0. The first-order chi connectivity index (χ1) is 11.0. The SMILES string of the molecule is Cc1ccc(C(=O)CCC(=O)NCc2ccccc2C)cc1C. The van der Waals surface area contributed by atoms with Crippen molar-refractivity contribution in [3.63, 3.8) is 0 Å². The Morgan fingerprint density at radius 2 is 1.61 bits per heavy atom. The minimum Gasteiger partial charge on any atom is -0.352 e. The molecule has 1 amide bonds. The molecule has 3 heteroatoms. The highest BCUT2D eigenvalue weighted by molar-refractivity contribution is 5.98. The van der Waals surface area contributed by atoms with Crippen LogP contribution >= 0.6 is 0 Å². The Balaban J connectivity index is 1.83. The van der Waals surface area contributed by atoms with Crippen LogP contribution in [0, 0.1) is 20.8 Å². The summed E-state index contributed by atoms with van der Waals surface area (Å²) >= 11 is 0. The number of carbonyl (C=O) groups is 2. The Morgan fingerprint density at radius 3 is 2.30 bits per heavy atom. The van der Waals surface area contributed by atoms with Gasteiger partial charge in [-0.05, 0) is 49.1 Å². The number of carbonyl (C=O) groups excluding carboxylic acids is 2. The predicted molar refractivity (Wildman–Crippen MR) is 92.5 cm³/mol. The smallest absolute Gasteiger partial charge is 0.220 e. The summed E-state index contributed by atoms with van der Waals surface area (Å²) in [6.45, 7) is 6.53. The van der Waals surface area contributed by atoms with Crippen LogP contribution in [0.3, 0.4) is 0 Å². The average molecular weight is 309 g/mol. The molecule has 0 fully saturated rings. The Kier molecular flexibility index (Phi) is 5.69. The molecule has 0 aromatic heterocycles. The number of hydrogen-bond acceptors (Lipinski definition) is 2. The van der Waals surface area contributed by atoms with E-state index in [4.69, 9.17) is 0 Å². The lowest BCUT2D eigenvalue weighted by Gasteiger charge is -2.08. The van der Waals surface area contributed by atoms with Gasteiger partial charge in [0.1, 0.15) is 0 Å². The maximum atomic E-state index is 12.2. The molecule has 0 unspecified atom stereocenters. The molecule has 2 aromatic rings. The summed E-state index contributed by atoms with van der Waals surface area (Å²) in [5.41, 5.74) is 5.19. The number of rotatable bonds is 6. The van der Waals surface area contributed by atoms with Gasteiger partial charge < -0.3 is 5.32 Å². The van der Waals surface area contributed by atoms with Crippen molar-refractivity contribution < 1.29 is 9.59 Å². The standard InChI is InChI=1S/C20H23NO2/c1-14-8-9-17(12-16(14)3)19(22)10-11-20(23)21-13-18-7-5-4-6-15(18)2/h4-9,12H,10-11,13H2,1-3H3,(H,21,23). The van der Waals surface area contributed by atoms with Crippen LogP contribution in [0.4, 0.5) is 0 Å². The second kappa shape index (κ2) is 7.73. The number of Topliss-reactive ketones (excluding diaryl/α,β-unsaturated/α-hetero) is 1.